The fraction of sp³-hybridized carbons (Fsp3) is 0.0149. The van der Waals surface area contributed by atoms with Crippen LogP contribution in [0, 0.1) is 0 Å². The van der Waals surface area contributed by atoms with Crippen molar-refractivity contribution in [2.75, 3.05) is 0 Å². The molecule has 0 fully saturated rings. The van der Waals surface area contributed by atoms with E-state index in [1.165, 1.54) is 104 Å². The largest absolute Gasteiger partial charge is 0.309 e. The molecule has 5 heterocycles. The molecule has 5 aromatic heterocycles. The van der Waals surface area contributed by atoms with Crippen molar-refractivity contribution >= 4 is 110 Å². The molecule has 16 rings (SSSR count). The minimum Gasteiger partial charge on any atom is -0.309 e. The molecule has 1 aliphatic carbocycles. The molecule has 336 valence electrons. The molecule has 0 bridgehead atoms. The van der Waals surface area contributed by atoms with Gasteiger partial charge in [-0.3, -0.25) is 0 Å². The van der Waals surface area contributed by atoms with Crippen LogP contribution in [0.2, 0.25) is 0 Å². The monoisotopic (exact) mass is 917 g/mol. The Morgan fingerprint density at radius 1 is 0.250 bits per heavy atom. The first-order chi connectivity index (χ1) is 35.8. The van der Waals surface area contributed by atoms with Gasteiger partial charge in [-0.25, -0.2) is 0 Å². The number of nitrogens with zero attached hydrogens (tertiary/aromatic N) is 5. The first kappa shape index (κ1) is 39.3. The number of rotatable bonds is 5. The first-order valence-electron chi connectivity index (χ1n) is 24.9. The lowest BCUT2D eigenvalue weighted by molar-refractivity contribution is 1.09. The van der Waals surface area contributed by atoms with Crippen LogP contribution in [0.4, 0.5) is 0 Å². The topological polar surface area (TPSA) is 24.6 Å². The van der Waals surface area contributed by atoms with Gasteiger partial charge in [0.05, 0.1) is 55.3 Å². The number of aromatic nitrogens is 5. The Bertz CT molecular complexity index is 4780. The number of para-hydroxylation sites is 6. The summed E-state index contributed by atoms with van der Waals surface area (Å²) in [6, 6.07) is 82.8. The molecule has 1 aliphatic rings. The van der Waals surface area contributed by atoms with Gasteiger partial charge in [0.1, 0.15) is 0 Å². The zero-order valence-corrected chi connectivity index (χ0v) is 39.1. The maximum Gasteiger partial charge on any atom is 0.0641 e. The summed E-state index contributed by atoms with van der Waals surface area (Å²) in [7, 11) is 0. The summed E-state index contributed by atoms with van der Waals surface area (Å²) < 4.78 is 12.3. The lowest BCUT2D eigenvalue weighted by Crippen LogP contribution is -2.00. The molecule has 0 amide bonds. The lowest BCUT2D eigenvalue weighted by Gasteiger charge is -2.14. The highest BCUT2D eigenvalue weighted by molar-refractivity contribution is 6.26. The summed E-state index contributed by atoms with van der Waals surface area (Å²) in [5.74, 6) is 0. The molecule has 0 unspecified atom stereocenters. The van der Waals surface area contributed by atoms with E-state index in [1.807, 2.05) is 0 Å². The van der Waals surface area contributed by atoms with E-state index in [4.69, 9.17) is 0 Å². The lowest BCUT2D eigenvalue weighted by atomic mass is 10.1. The molecule has 0 aliphatic heterocycles. The van der Waals surface area contributed by atoms with E-state index in [0.717, 1.165) is 40.4 Å². The van der Waals surface area contributed by atoms with Gasteiger partial charge in [0.2, 0.25) is 0 Å². The first-order valence-corrected chi connectivity index (χ1v) is 24.9. The van der Waals surface area contributed by atoms with Crippen LogP contribution in [0.3, 0.4) is 0 Å². The van der Waals surface area contributed by atoms with Crippen molar-refractivity contribution < 1.29 is 0 Å². The Balaban J connectivity index is 0.936. The molecule has 0 radical (unpaired) electrons. The van der Waals surface area contributed by atoms with Gasteiger partial charge in [0, 0.05) is 82.5 Å². The highest BCUT2D eigenvalue weighted by atomic mass is 15.0. The molecule has 0 saturated heterocycles. The zero-order chi connectivity index (χ0) is 47.0. The SMILES string of the molecule is C1=Cc2c(n(-c3cccc(-n4c5ccccc5c5c4ccc4c6ccccc6n(-c6cccc(-n7c8ccccc8c8ccccc87)c6)c45)c3)c3cc4c5ccccc5n(-c5ccccc5)c4cc23)C=CC1. The van der Waals surface area contributed by atoms with Crippen LogP contribution in [-0.4, -0.2) is 22.8 Å². The third-order valence-electron chi connectivity index (χ3n) is 15.4. The second-order valence-corrected chi connectivity index (χ2v) is 19.2. The number of allylic oxidation sites excluding steroid dienone is 2. The normalized spacial score (nSPS) is 12.8. The highest BCUT2D eigenvalue weighted by Crippen LogP contribution is 2.44. The Hall–Kier alpha value is -9.58. The van der Waals surface area contributed by atoms with Crippen LogP contribution in [-0.2, 0) is 0 Å². The zero-order valence-electron chi connectivity index (χ0n) is 39.1. The minimum absolute atomic E-state index is 0.889. The summed E-state index contributed by atoms with van der Waals surface area (Å²) in [6.07, 6.45) is 10.1. The summed E-state index contributed by atoms with van der Waals surface area (Å²) >= 11 is 0. The Kier molecular flexibility index (Phi) is 8.16. The molecule has 0 spiro atoms. The Morgan fingerprint density at radius 3 is 1.32 bits per heavy atom. The number of hydrogen-bond donors (Lipinski definition) is 0. The van der Waals surface area contributed by atoms with E-state index in [0.29, 0.717) is 0 Å². The van der Waals surface area contributed by atoms with Crippen LogP contribution in [0.5, 0.6) is 0 Å². The van der Waals surface area contributed by atoms with Gasteiger partial charge >= 0.3 is 0 Å². The van der Waals surface area contributed by atoms with Gasteiger partial charge in [-0.1, -0.05) is 146 Å². The number of benzene rings is 10. The molecule has 0 saturated carbocycles. The fourth-order valence-electron chi connectivity index (χ4n) is 12.5. The van der Waals surface area contributed by atoms with Crippen molar-refractivity contribution in [3.05, 3.63) is 248 Å². The van der Waals surface area contributed by atoms with Crippen LogP contribution in [0.15, 0.2) is 237 Å². The maximum atomic E-state index is 2.51. The van der Waals surface area contributed by atoms with Gasteiger partial charge in [0.25, 0.3) is 0 Å². The molecule has 72 heavy (non-hydrogen) atoms. The van der Waals surface area contributed by atoms with Gasteiger partial charge in [-0.15, -0.1) is 0 Å². The number of hydrogen-bond acceptors (Lipinski definition) is 0. The van der Waals surface area contributed by atoms with Crippen molar-refractivity contribution in [3.63, 3.8) is 0 Å². The van der Waals surface area contributed by atoms with E-state index in [2.05, 4.69) is 272 Å². The van der Waals surface area contributed by atoms with E-state index < -0.39 is 0 Å². The summed E-state index contributed by atoms with van der Waals surface area (Å²) in [6.45, 7) is 0. The highest BCUT2D eigenvalue weighted by Gasteiger charge is 2.24. The van der Waals surface area contributed by atoms with Crippen molar-refractivity contribution in [1.29, 1.82) is 0 Å². The molecule has 15 aromatic rings. The Morgan fingerprint density at radius 2 is 0.681 bits per heavy atom. The van der Waals surface area contributed by atoms with Crippen molar-refractivity contribution in [2.24, 2.45) is 0 Å². The van der Waals surface area contributed by atoms with Crippen LogP contribution in [0.25, 0.3) is 139 Å². The summed E-state index contributed by atoms with van der Waals surface area (Å²) in [5, 5.41) is 11.2. The molecule has 10 aromatic carbocycles. The standard InChI is InChI=1S/C67H43N5/c1-3-19-43(20-4-1)68-59-34-14-10-29-52(59)55-42-65-56(41-64(55)68)51-25-5-2-6-31-60(51)71(65)46-23-17-22-45(39-46)70-62-36-16-11-30-54(62)66-63(70)38-37-53-50-28-9-15-35-61(50)72(67(53)66)47-24-18-21-44(40-47)69-57-32-12-7-26-48(57)49-27-8-13-33-58(49)69/h1,3-42H,2H2. The van der Waals surface area contributed by atoms with E-state index >= 15 is 0 Å². The van der Waals surface area contributed by atoms with Crippen LogP contribution >= 0.6 is 0 Å². The van der Waals surface area contributed by atoms with Crippen molar-refractivity contribution in [2.45, 2.75) is 6.42 Å². The molecule has 0 N–H and O–H groups in total. The molecular weight excluding hydrogens is 875 g/mol. The van der Waals surface area contributed by atoms with E-state index in [9.17, 15) is 0 Å². The minimum atomic E-state index is 0.889. The third-order valence-corrected chi connectivity index (χ3v) is 15.4. The molecule has 0 atom stereocenters. The van der Waals surface area contributed by atoms with Gasteiger partial charge in [-0.2, -0.15) is 0 Å². The van der Waals surface area contributed by atoms with Crippen LogP contribution < -0.4 is 0 Å². The predicted octanol–water partition coefficient (Wildman–Crippen LogP) is 17.4. The van der Waals surface area contributed by atoms with Crippen LogP contribution in [0.1, 0.15) is 17.7 Å². The smallest absolute Gasteiger partial charge is 0.0641 e. The van der Waals surface area contributed by atoms with Gasteiger partial charge in [-0.05, 0) is 110 Å². The Labute approximate surface area is 413 Å². The maximum absolute atomic E-state index is 2.51. The molecule has 5 nitrogen and oxygen atoms in total. The summed E-state index contributed by atoms with van der Waals surface area (Å²) in [5.41, 5.74) is 18.8. The molecule has 5 heteroatoms. The average Bonchev–Trinajstić information content (AvgIpc) is 4.18. The molecular formula is C67H43N5. The van der Waals surface area contributed by atoms with Gasteiger partial charge < -0.3 is 22.8 Å². The summed E-state index contributed by atoms with van der Waals surface area (Å²) in [4.78, 5) is 0. The second-order valence-electron chi connectivity index (χ2n) is 19.2. The fourth-order valence-corrected chi connectivity index (χ4v) is 12.5. The predicted molar refractivity (Wildman–Crippen MR) is 303 cm³/mol. The van der Waals surface area contributed by atoms with Crippen molar-refractivity contribution in [1.82, 2.24) is 22.8 Å². The third kappa shape index (κ3) is 5.42. The van der Waals surface area contributed by atoms with Gasteiger partial charge in [0.15, 0.2) is 0 Å². The second kappa shape index (κ2) is 15.0. The number of fused-ring (bicyclic) bond motifs is 16. The average molecular weight is 918 g/mol. The van der Waals surface area contributed by atoms with E-state index in [-0.39, 0.29) is 0 Å². The van der Waals surface area contributed by atoms with E-state index in [1.54, 1.807) is 0 Å². The van der Waals surface area contributed by atoms with Crippen molar-refractivity contribution in [3.8, 4) is 28.4 Å². The quantitative estimate of drug-likeness (QED) is 0.164.